The van der Waals surface area contributed by atoms with E-state index < -0.39 is 0 Å². The molecule has 1 saturated heterocycles. The van der Waals surface area contributed by atoms with E-state index in [0.29, 0.717) is 0 Å². The SMILES string of the molecule is CCc1ccccc1OCC(=O)N1CCCCC1C(C)N.Cl. The number of nitrogens with zero attached hydrogens (tertiary/aromatic N) is 1. The molecule has 4 nitrogen and oxygen atoms in total. The summed E-state index contributed by atoms with van der Waals surface area (Å²) in [5.74, 6) is 0.852. The number of amides is 1. The van der Waals surface area contributed by atoms with Crippen LogP contribution in [0.4, 0.5) is 0 Å². The van der Waals surface area contributed by atoms with Crippen LogP contribution in [0.15, 0.2) is 24.3 Å². The number of aryl methyl sites for hydroxylation is 1. The lowest BCUT2D eigenvalue weighted by molar-refractivity contribution is -0.137. The van der Waals surface area contributed by atoms with Gasteiger partial charge in [0.1, 0.15) is 5.75 Å². The van der Waals surface area contributed by atoms with Crippen LogP contribution in [0.25, 0.3) is 0 Å². The van der Waals surface area contributed by atoms with Gasteiger partial charge in [-0.15, -0.1) is 12.4 Å². The molecule has 1 aromatic rings. The normalized spacial score (nSPS) is 19.2. The van der Waals surface area contributed by atoms with Gasteiger partial charge >= 0.3 is 0 Å². The maximum atomic E-state index is 12.4. The number of rotatable bonds is 5. The number of ether oxygens (including phenoxy) is 1. The van der Waals surface area contributed by atoms with Crippen LogP contribution in [0.5, 0.6) is 5.75 Å². The van der Waals surface area contributed by atoms with E-state index in [0.717, 1.165) is 43.5 Å². The third kappa shape index (κ3) is 4.62. The molecule has 1 fully saturated rings. The topological polar surface area (TPSA) is 55.6 Å². The van der Waals surface area contributed by atoms with E-state index in [1.165, 1.54) is 0 Å². The summed E-state index contributed by atoms with van der Waals surface area (Å²) >= 11 is 0. The van der Waals surface area contributed by atoms with Gasteiger partial charge in [-0.05, 0) is 44.2 Å². The minimum Gasteiger partial charge on any atom is -0.483 e. The van der Waals surface area contributed by atoms with Crippen LogP contribution in [0.3, 0.4) is 0 Å². The molecule has 1 heterocycles. The smallest absolute Gasteiger partial charge is 0.260 e. The van der Waals surface area contributed by atoms with Crippen molar-refractivity contribution in [1.29, 1.82) is 0 Å². The second-order valence-electron chi connectivity index (χ2n) is 5.76. The molecule has 2 unspecified atom stereocenters. The molecular formula is C17H27ClN2O2. The number of hydrogen-bond acceptors (Lipinski definition) is 3. The number of likely N-dealkylation sites (tertiary alicyclic amines) is 1. The predicted octanol–water partition coefficient (Wildman–Crippen LogP) is 2.78. The lowest BCUT2D eigenvalue weighted by Crippen LogP contribution is -2.52. The Morgan fingerprint density at radius 3 is 2.82 bits per heavy atom. The van der Waals surface area contributed by atoms with Crippen LogP contribution in [0, 0.1) is 0 Å². The minimum absolute atomic E-state index is 0. The molecular weight excluding hydrogens is 300 g/mol. The first kappa shape index (κ1) is 18.8. The van der Waals surface area contributed by atoms with Crippen molar-refractivity contribution >= 4 is 18.3 Å². The molecule has 1 aromatic carbocycles. The Kier molecular flexibility index (Phi) is 7.69. The van der Waals surface area contributed by atoms with Gasteiger partial charge < -0.3 is 15.4 Å². The molecule has 0 saturated carbocycles. The van der Waals surface area contributed by atoms with Gasteiger partial charge in [-0.25, -0.2) is 0 Å². The maximum Gasteiger partial charge on any atom is 0.260 e. The van der Waals surface area contributed by atoms with E-state index in [1.54, 1.807) is 0 Å². The van der Waals surface area contributed by atoms with E-state index in [2.05, 4.69) is 6.92 Å². The van der Waals surface area contributed by atoms with Crippen molar-refractivity contribution < 1.29 is 9.53 Å². The van der Waals surface area contributed by atoms with Crippen LogP contribution in [0.2, 0.25) is 0 Å². The van der Waals surface area contributed by atoms with Crippen molar-refractivity contribution in [2.24, 2.45) is 5.73 Å². The van der Waals surface area contributed by atoms with E-state index in [-0.39, 0.29) is 37.0 Å². The van der Waals surface area contributed by atoms with Crippen molar-refractivity contribution in [3.05, 3.63) is 29.8 Å². The minimum atomic E-state index is 0. The summed E-state index contributed by atoms with van der Waals surface area (Å²) in [6.45, 7) is 4.95. The summed E-state index contributed by atoms with van der Waals surface area (Å²) in [7, 11) is 0. The highest BCUT2D eigenvalue weighted by Gasteiger charge is 2.29. The second kappa shape index (κ2) is 9.01. The number of nitrogens with two attached hydrogens (primary N) is 1. The van der Waals surface area contributed by atoms with E-state index in [1.807, 2.05) is 36.1 Å². The highest BCUT2D eigenvalue weighted by molar-refractivity contribution is 5.85. The molecule has 2 rings (SSSR count). The lowest BCUT2D eigenvalue weighted by Gasteiger charge is -2.38. The summed E-state index contributed by atoms with van der Waals surface area (Å²) in [4.78, 5) is 14.3. The Labute approximate surface area is 139 Å². The Morgan fingerprint density at radius 1 is 1.41 bits per heavy atom. The molecule has 0 aromatic heterocycles. The molecule has 0 spiro atoms. The molecule has 2 N–H and O–H groups in total. The Bertz CT molecular complexity index is 479. The van der Waals surface area contributed by atoms with Gasteiger partial charge in [0.25, 0.3) is 5.91 Å². The molecule has 1 aliphatic rings. The molecule has 1 aliphatic heterocycles. The van der Waals surface area contributed by atoms with E-state index in [4.69, 9.17) is 10.5 Å². The fourth-order valence-corrected chi connectivity index (χ4v) is 2.97. The third-order valence-corrected chi connectivity index (χ3v) is 4.18. The van der Waals surface area contributed by atoms with Crippen LogP contribution < -0.4 is 10.5 Å². The number of para-hydroxylation sites is 1. The number of benzene rings is 1. The van der Waals surface area contributed by atoms with E-state index in [9.17, 15) is 4.79 Å². The molecule has 0 radical (unpaired) electrons. The number of halogens is 1. The van der Waals surface area contributed by atoms with Crippen LogP contribution in [-0.2, 0) is 11.2 Å². The quantitative estimate of drug-likeness (QED) is 0.905. The largest absolute Gasteiger partial charge is 0.483 e. The predicted molar refractivity (Wildman–Crippen MR) is 91.6 cm³/mol. The Morgan fingerprint density at radius 2 is 2.14 bits per heavy atom. The van der Waals surface area contributed by atoms with Gasteiger partial charge in [0.2, 0.25) is 0 Å². The highest BCUT2D eigenvalue weighted by Crippen LogP contribution is 2.21. The third-order valence-electron chi connectivity index (χ3n) is 4.18. The fourth-order valence-electron chi connectivity index (χ4n) is 2.97. The number of piperidine rings is 1. The lowest BCUT2D eigenvalue weighted by atomic mass is 9.97. The summed E-state index contributed by atoms with van der Waals surface area (Å²) in [6, 6.07) is 8.04. The van der Waals surface area contributed by atoms with Crippen LogP contribution in [-0.4, -0.2) is 36.0 Å². The molecule has 5 heteroatoms. The zero-order valence-electron chi connectivity index (χ0n) is 13.5. The molecule has 22 heavy (non-hydrogen) atoms. The van der Waals surface area contributed by atoms with Crippen molar-refractivity contribution in [3.63, 3.8) is 0 Å². The first-order valence-corrected chi connectivity index (χ1v) is 7.89. The summed E-state index contributed by atoms with van der Waals surface area (Å²) in [5.41, 5.74) is 7.15. The van der Waals surface area contributed by atoms with Crippen molar-refractivity contribution in [2.45, 2.75) is 51.6 Å². The Hall–Kier alpha value is -1.26. The van der Waals surface area contributed by atoms with Crippen molar-refractivity contribution in [3.8, 4) is 5.75 Å². The average molecular weight is 327 g/mol. The zero-order valence-corrected chi connectivity index (χ0v) is 14.3. The first-order valence-electron chi connectivity index (χ1n) is 7.89. The number of hydrogen-bond donors (Lipinski definition) is 1. The maximum absolute atomic E-state index is 12.4. The summed E-state index contributed by atoms with van der Waals surface area (Å²) in [5, 5.41) is 0. The zero-order chi connectivity index (χ0) is 15.2. The van der Waals surface area contributed by atoms with E-state index >= 15 is 0 Å². The van der Waals surface area contributed by atoms with Gasteiger partial charge in [-0.1, -0.05) is 25.1 Å². The van der Waals surface area contributed by atoms with Gasteiger partial charge in [0, 0.05) is 18.6 Å². The van der Waals surface area contributed by atoms with Crippen molar-refractivity contribution in [2.75, 3.05) is 13.2 Å². The van der Waals surface area contributed by atoms with Gasteiger partial charge in [-0.2, -0.15) is 0 Å². The summed E-state index contributed by atoms with van der Waals surface area (Å²) < 4.78 is 5.74. The molecule has 0 bridgehead atoms. The summed E-state index contributed by atoms with van der Waals surface area (Å²) in [6.07, 6.45) is 4.10. The Balaban J connectivity index is 0.00000242. The molecule has 0 aliphatic carbocycles. The standard InChI is InChI=1S/C17H26N2O2.ClH/c1-3-14-8-4-5-10-16(14)21-12-17(20)19-11-7-6-9-15(19)13(2)18;/h4-5,8,10,13,15H,3,6-7,9,11-12,18H2,1-2H3;1H. The van der Waals surface area contributed by atoms with Gasteiger partial charge in [0.15, 0.2) is 6.61 Å². The van der Waals surface area contributed by atoms with Crippen LogP contribution in [0.1, 0.15) is 38.7 Å². The highest BCUT2D eigenvalue weighted by atomic mass is 35.5. The number of carbonyl (C=O) groups excluding carboxylic acids is 1. The monoisotopic (exact) mass is 326 g/mol. The number of carbonyl (C=O) groups is 1. The molecule has 124 valence electrons. The average Bonchev–Trinajstić information content (AvgIpc) is 2.52. The van der Waals surface area contributed by atoms with Crippen LogP contribution >= 0.6 is 12.4 Å². The molecule has 1 amide bonds. The molecule has 2 atom stereocenters. The first-order chi connectivity index (χ1) is 10.1. The van der Waals surface area contributed by atoms with Gasteiger partial charge in [0.05, 0.1) is 0 Å². The van der Waals surface area contributed by atoms with Gasteiger partial charge in [-0.3, -0.25) is 4.79 Å². The fraction of sp³-hybridized carbons (Fsp3) is 0.588. The second-order valence-corrected chi connectivity index (χ2v) is 5.76. The van der Waals surface area contributed by atoms with Crippen molar-refractivity contribution in [1.82, 2.24) is 4.90 Å².